The Morgan fingerprint density at radius 2 is 2.15 bits per heavy atom. The van der Waals surface area contributed by atoms with Crippen LogP contribution < -0.4 is 5.32 Å². The fraction of sp³-hybridized carbons (Fsp3) is 0.235. The Labute approximate surface area is 166 Å². The van der Waals surface area contributed by atoms with Gasteiger partial charge in [0.2, 0.25) is 0 Å². The van der Waals surface area contributed by atoms with Gasteiger partial charge in [-0.05, 0) is 35.8 Å². The molecule has 2 N–H and O–H groups in total. The average Bonchev–Trinajstić information content (AvgIpc) is 3.03. The summed E-state index contributed by atoms with van der Waals surface area (Å²) in [6.07, 6.45) is -0.524. The van der Waals surface area contributed by atoms with Gasteiger partial charge in [0.05, 0.1) is 17.1 Å². The van der Waals surface area contributed by atoms with Crippen LogP contribution in [-0.4, -0.2) is 24.2 Å². The maximum Gasteiger partial charge on any atom is 0.293 e. The molecule has 0 aliphatic rings. The summed E-state index contributed by atoms with van der Waals surface area (Å²) in [4.78, 5) is 14.2. The van der Waals surface area contributed by atoms with Gasteiger partial charge in [-0.25, -0.2) is 9.37 Å². The third kappa shape index (κ3) is 6.59. The van der Waals surface area contributed by atoms with E-state index in [-0.39, 0.29) is 5.82 Å². The quantitative estimate of drug-likeness (QED) is 0.370. The zero-order valence-electron chi connectivity index (χ0n) is 14.5. The maximum atomic E-state index is 13.0. The van der Waals surface area contributed by atoms with Gasteiger partial charge < -0.3 is 15.5 Å². The minimum atomic E-state index is -0.524. The molecule has 9 heteroatoms. The summed E-state index contributed by atoms with van der Waals surface area (Å²) in [5, 5.41) is 13.4. The van der Waals surface area contributed by atoms with E-state index in [0.29, 0.717) is 17.7 Å². The van der Waals surface area contributed by atoms with Crippen molar-refractivity contribution in [1.82, 2.24) is 10.3 Å². The summed E-state index contributed by atoms with van der Waals surface area (Å²) in [6.45, 7) is 3.68. The molecule has 0 radical (unpaired) electrons. The third-order valence-electron chi connectivity index (χ3n) is 3.25. The van der Waals surface area contributed by atoms with Crippen molar-refractivity contribution in [3.05, 3.63) is 56.3 Å². The number of ether oxygens (including phenoxy) is 1. The van der Waals surface area contributed by atoms with Crippen molar-refractivity contribution in [3.63, 3.8) is 0 Å². The van der Waals surface area contributed by atoms with Crippen molar-refractivity contribution in [2.24, 2.45) is 0 Å². The van der Waals surface area contributed by atoms with Gasteiger partial charge in [0, 0.05) is 23.3 Å². The molecule has 1 heterocycles. The topological polar surface area (TPSA) is 75.1 Å². The molecule has 0 amide bonds. The Morgan fingerprint density at radius 1 is 1.50 bits per heavy atom. The lowest BCUT2D eigenvalue weighted by molar-refractivity contribution is -0.133. The second-order valence-electron chi connectivity index (χ2n) is 5.05. The fourth-order valence-electron chi connectivity index (χ4n) is 1.99. The van der Waals surface area contributed by atoms with Gasteiger partial charge in [0.1, 0.15) is 11.9 Å². The van der Waals surface area contributed by atoms with E-state index in [9.17, 15) is 9.18 Å². The number of aromatic nitrogens is 1. The number of carbonyl (C=O) groups excluding carboxylic acids is 1. The monoisotopic (exact) mass is 459 g/mol. The lowest BCUT2D eigenvalue weighted by Crippen LogP contribution is -2.14. The van der Waals surface area contributed by atoms with E-state index in [2.05, 4.69) is 40.2 Å². The van der Waals surface area contributed by atoms with Crippen LogP contribution in [0.2, 0.25) is 0 Å². The van der Waals surface area contributed by atoms with Crippen LogP contribution in [0.15, 0.2) is 39.3 Å². The Bertz CT molecular complexity index is 798. The second kappa shape index (κ2) is 11.2. The smallest absolute Gasteiger partial charge is 0.293 e. The van der Waals surface area contributed by atoms with Gasteiger partial charge in [0.25, 0.3) is 6.47 Å². The normalized spacial score (nSPS) is 12.2. The van der Waals surface area contributed by atoms with Gasteiger partial charge >= 0.3 is 0 Å². The van der Waals surface area contributed by atoms with Crippen LogP contribution in [0.3, 0.4) is 0 Å². The summed E-state index contributed by atoms with van der Waals surface area (Å²) in [5.41, 5.74) is 2.57. The Hall–Kier alpha value is -1.63. The zero-order chi connectivity index (χ0) is 19.7. The van der Waals surface area contributed by atoms with Gasteiger partial charge in [0.15, 0.2) is 3.92 Å². The van der Waals surface area contributed by atoms with E-state index in [1.54, 1.807) is 39.1 Å². The molecule has 0 fully saturated rings. The fourth-order valence-corrected chi connectivity index (χ4v) is 3.63. The first-order valence-electron chi connectivity index (χ1n) is 7.49. The molecule has 0 spiro atoms. The van der Waals surface area contributed by atoms with Crippen molar-refractivity contribution in [3.8, 4) is 0 Å². The number of thiazole rings is 1. The molecule has 0 aliphatic carbocycles. The summed E-state index contributed by atoms with van der Waals surface area (Å²) in [6, 6.07) is 6.21. The Kier molecular flexibility index (Phi) is 9.62. The minimum absolute atomic E-state index is 0.317. The van der Waals surface area contributed by atoms with E-state index < -0.39 is 6.10 Å². The van der Waals surface area contributed by atoms with Gasteiger partial charge in [-0.1, -0.05) is 18.2 Å². The van der Waals surface area contributed by atoms with E-state index in [0.717, 1.165) is 20.6 Å². The molecule has 0 saturated heterocycles. The summed E-state index contributed by atoms with van der Waals surface area (Å²) in [7, 11) is 4.42. The van der Waals surface area contributed by atoms with Crippen LogP contribution >= 0.6 is 36.5 Å². The van der Waals surface area contributed by atoms with Crippen LogP contribution in [0.5, 0.6) is 0 Å². The van der Waals surface area contributed by atoms with Crippen LogP contribution in [0.25, 0.3) is 5.31 Å². The maximum absolute atomic E-state index is 13.0. The summed E-state index contributed by atoms with van der Waals surface area (Å²) >= 11 is 4.84. The molecule has 0 saturated carbocycles. The number of hydrogen-bond donors (Lipinski definition) is 2. The van der Waals surface area contributed by atoms with E-state index in [1.165, 1.54) is 17.4 Å². The predicted octanol–water partition coefficient (Wildman–Crippen LogP) is 4.77. The van der Waals surface area contributed by atoms with E-state index in [4.69, 9.17) is 5.41 Å². The molecule has 2 unspecified atom stereocenters. The lowest BCUT2D eigenvalue weighted by Gasteiger charge is -2.09. The van der Waals surface area contributed by atoms with E-state index in [1.807, 2.05) is 5.38 Å². The predicted molar refractivity (Wildman–Crippen MR) is 111 cm³/mol. The first-order chi connectivity index (χ1) is 12.3. The third-order valence-corrected chi connectivity index (χ3v) is 5.20. The highest BCUT2D eigenvalue weighted by Gasteiger charge is 2.10. The summed E-state index contributed by atoms with van der Waals surface area (Å²) < 4.78 is 18.4. The number of hydrogen-bond acceptors (Lipinski definition) is 6. The molecule has 26 heavy (non-hydrogen) atoms. The van der Waals surface area contributed by atoms with Gasteiger partial charge in [-0.15, -0.1) is 20.6 Å². The van der Waals surface area contributed by atoms with Crippen LogP contribution in [0.1, 0.15) is 31.2 Å². The SMILES string of the molecule is CC(OC=O)c1ccccc1F.CN/C(C(C)=N)=C(/P)c1csc(Br)n1. The van der Waals surface area contributed by atoms with Crippen molar-refractivity contribution in [2.45, 2.75) is 20.0 Å². The standard InChI is InChI=1S/C9H9FO2.C8H11BrN3PS/c1-7(12-6-11)8-4-2-3-5-9(8)10;1-4(10)6(11-2)7(13)5-3-14-8(9)12-5/h2-7H,1H3;3,10-11H,13H2,1-2H3/b;7-6+,10-4?. The minimum Gasteiger partial charge on any atom is -0.460 e. The molecule has 1 aromatic carbocycles. The second-order valence-corrected chi connectivity index (χ2v) is 7.76. The molecule has 2 atom stereocenters. The first kappa shape index (κ1) is 22.4. The van der Waals surface area contributed by atoms with Crippen LogP contribution in [0, 0.1) is 11.2 Å². The van der Waals surface area contributed by atoms with Gasteiger partial charge in [-0.2, -0.15) is 0 Å². The van der Waals surface area contributed by atoms with Crippen LogP contribution in [-0.2, 0) is 9.53 Å². The first-order valence-corrected chi connectivity index (χ1v) is 9.74. The molecule has 5 nitrogen and oxygen atoms in total. The van der Waals surface area contributed by atoms with Crippen LogP contribution in [0.4, 0.5) is 4.39 Å². The molecule has 0 aliphatic heterocycles. The van der Waals surface area contributed by atoms with E-state index >= 15 is 0 Å². The van der Waals surface area contributed by atoms with Crippen molar-refractivity contribution in [2.75, 3.05) is 7.05 Å². The number of halogens is 2. The highest BCUT2D eigenvalue weighted by molar-refractivity contribution is 9.11. The molecule has 1 aromatic heterocycles. The molecule has 2 rings (SSSR count). The number of nitrogens with one attached hydrogen (secondary N) is 2. The zero-order valence-corrected chi connectivity index (χ0v) is 18.1. The number of nitrogens with zero attached hydrogens (tertiary/aromatic N) is 1. The summed E-state index contributed by atoms with van der Waals surface area (Å²) in [5.74, 6) is -0.355. The number of rotatable bonds is 6. The molecular weight excluding hydrogens is 440 g/mol. The van der Waals surface area contributed by atoms with Crippen molar-refractivity contribution in [1.29, 1.82) is 5.41 Å². The lowest BCUT2D eigenvalue weighted by atomic mass is 10.1. The highest BCUT2D eigenvalue weighted by Crippen LogP contribution is 2.28. The Morgan fingerprint density at radius 3 is 2.62 bits per heavy atom. The molecular formula is C17H20BrFN3O2PS. The molecule has 0 bridgehead atoms. The number of allylic oxidation sites excluding steroid dienone is 1. The molecule has 2 aromatic rings. The molecule has 140 valence electrons. The van der Waals surface area contributed by atoms with Gasteiger partial charge in [-0.3, -0.25) is 4.79 Å². The average molecular weight is 460 g/mol. The van der Waals surface area contributed by atoms with Crippen molar-refractivity contribution < 1.29 is 13.9 Å². The highest BCUT2D eigenvalue weighted by atomic mass is 79.9. The van der Waals surface area contributed by atoms with Crippen molar-refractivity contribution >= 4 is 54.0 Å². The number of benzene rings is 1. The Balaban J connectivity index is 0.000000263. The largest absolute Gasteiger partial charge is 0.460 e. The number of carbonyl (C=O) groups is 1.